The maximum absolute atomic E-state index is 12.6. The van der Waals surface area contributed by atoms with Gasteiger partial charge in [0.15, 0.2) is 0 Å². The van der Waals surface area contributed by atoms with Gasteiger partial charge in [-0.25, -0.2) is 0 Å². The molecule has 0 aliphatic heterocycles. The second-order valence-electron chi connectivity index (χ2n) is 8.26. The average Bonchev–Trinajstić information content (AvgIpc) is 3.22. The zero-order valence-corrected chi connectivity index (χ0v) is 19.8. The first-order valence-electron chi connectivity index (χ1n) is 11.1. The Balaban J connectivity index is 1.61. The second-order valence-corrected chi connectivity index (χ2v) is 8.26. The molecule has 2 heterocycles. The van der Waals surface area contributed by atoms with Gasteiger partial charge in [0.25, 0.3) is 11.8 Å². The summed E-state index contributed by atoms with van der Waals surface area (Å²) < 4.78 is 1.92. The average molecular weight is 446 g/mol. The predicted octanol–water partition coefficient (Wildman–Crippen LogP) is 3.83. The van der Waals surface area contributed by atoms with Gasteiger partial charge in [0.1, 0.15) is 5.69 Å². The molecule has 0 spiro atoms. The molecule has 2 aromatic heterocycles. The second kappa shape index (κ2) is 10.7. The van der Waals surface area contributed by atoms with Crippen LogP contribution in [0, 0.1) is 20.8 Å². The van der Waals surface area contributed by atoms with Crippen LogP contribution in [0.4, 0.5) is 0 Å². The van der Waals surface area contributed by atoms with Crippen LogP contribution in [0.1, 0.15) is 62.5 Å². The summed E-state index contributed by atoms with van der Waals surface area (Å²) in [6.07, 6.45) is 9.12. The Morgan fingerprint density at radius 3 is 2.55 bits per heavy atom. The number of nitrogens with zero attached hydrogens (tertiary/aromatic N) is 3. The molecule has 0 saturated carbocycles. The number of benzene rings is 1. The van der Waals surface area contributed by atoms with Gasteiger partial charge in [-0.2, -0.15) is 5.10 Å². The highest BCUT2D eigenvalue weighted by Gasteiger charge is 2.12. The minimum absolute atomic E-state index is 0.205. The number of hydrogen-bond acceptors (Lipinski definition) is 4. The summed E-state index contributed by atoms with van der Waals surface area (Å²) in [7, 11) is 0. The Labute approximate surface area is 194 Å². The molecule has 1 atom stereocenters. The first kappa shape index (κ1) is 23.9. The number of hydrogen-bond donors (Lipinski definition) is 2. The molecule has 0 fully saturated rings. The van der Waals surface area contributed by atoms with Crippen LogP contribution >= 0.6 is 0 Å². The van der Waals surface area contributed by atoms with Gasteiger partial charge in [0.05, 0.1) is 12.7 Å². The van der Waals surface area contributed by atoms with E-state index in [4.69, 9.17) is 0 Å². The van der Waals surface area contributed by atoms with Gasteiger partial charge in [-0.05, 0) is 63.4 Å². The smallest absolute Gasteiger partial charge is 0.269 e. The Morgan fingerprint density at radius 2 is 1.85 bits per heavy atom. The fourth-order valence-electron chi connectivity index (χ4n) is 3.71. The summed E-state index contributed by atoms with van der Waals surface area (Å²) in [5.74, 6) is -0.561. The van der Waals surface area contributed by atoms with Crippen LogP contribution in [0.25, 0.3) is 6.08 Å². The zero-order chi connectivity index (χ0) is 24.0. The topological polar surface area (TPSA) is 88.9 Å². The minimum Gasteiger partial charge on any atom is -0.351 e. The van der Waals surface area contributed by atoms with Gasteiger partial charge in [0.2, 0.25) is 0 Å². The van der Waals surface area contributed by atoms with Gasteiger partial charge < -0.3 is 10.6 Å². The van der Waals surface area contributed by atoms with E-state index in [2.05, 4.69) is 53.6 Å². The summed E-state index contributed by atoms with van der Waals surface area (Å²) in [4.78, 5) is 28.5. The van der Waals surface area contributed by atoms with Crippen molar-refractivity contribution in [2.45, 2.75) is 47.2 Å². The number of pyridine rings is 1. The van der Waals surface area contributed by atoms with Crippen LogP contribution in [-0.2, 0) is 6.54 Å². The van der Waals surface area contributed by atoms with Crippen LogP contribution in [0.3, 0.4) is 0 Å². The van der Waals surface area contributed by atoms with E-state index in [0.717, 1.165) is 5.56 Å². The van der Waals surface area contributed by atoms with Crippen LogP contribution < -0.4 is 10.6 Å². The third kappa shape index (κ3) is 6.38. The summed E-state index contributed by atoms with van der Waals surface area (Å²) >= 11 is 0. The Hall–Kier alpha value is -3.74. The van der Waals surface area contributed by atoms with E-state index in [1.807, 2.05) is 43.1 Å². The van der Waals surface area contributed by atoms with Crippen molar-refractivity contribution in [2.24, 2.45) is 0 Å². The molecular formula is C26H31N5O2. The lowest BCUT2D eigenvalue weighted by atomic mass is 10.00. The molecule has 0 radical (unpaired) electrons. The number of rotatable bonds is 8. The van der Waals surface area contributed by atoms with Crippen molar-refractivity contribution in [1.82, 2.24) is 25.4 Å². The van der Waals surface area contributed by atoms with Crippen LogP contribution in [-0.4, -0.2) is 39.2 Å². The first-order chi connectivity index (χ1) is 15.8. The van der Waals surface area contributed by atoms with Crippen molar-refractivity contribution in [3.05, 3.63) is 88.0 Å². The van der Waals surface area contributed by atoms with Crippen molar-refractivity contribution < 1.29 is 9.59 Å². The van der Waals surface area contributed by atoms with Crippen LogP contribution in [0.15, 0.2) is 48.9 Å². The van der Waals surface area contributed by atoms with Crippen molar-refractivity contribution in [3.63, 3.8) is 0 Å². The number of carbonyl (C=O) groups excluding carboxylic acids is 2. The quantitative estimate of drug-likeness (QED) is 0.551. The molecule has 1 aromatic carbocycles. The normalized spacial score (nSPS) is 12.0. The number of aromatic nitrogens is 3. The lowest BCUT2D eigenvalue weighted by Gasteiger charge is -2.11. The monoisotopic (exact) mass is 445 g/mol. The Morgan fingerprint density at radius 1 is 1.12 bits per heavy atom. The zero-order valence-electron chi connectivity index (χ0n) is 19.8. The van der Waals surface area contributed by atoms with Crippen molar-refractivity contribution in [3.8, 4) is 0 Å². The SMILES string of the molecule is CCNC(=O)c1cc(C(=O)N[C@@H](C)/C=C/c2cnn(Cc3c(C)cc(C)cc3C)c2)ccn1. The highest BCUT2D eigenvalue weighted by Crippen LogP contribution is 2.18. The van der Waals surface area contributed by atoms with E-state index in [9.17, 15) is 9.59 Å². The molecular weight excluding hydrogens is 414 g/mol. The molecule has 0 bridgehead atoms. The van der Waals surface area contributed by atoms with E-state index in [-0.39, 0.29) is 23.6 Å². The fourth-order valence-corrected chi connectivity index (χ4v) is 3.71. The maximum atomic E-state index is 12.6. The van der Waals surface area contributed by atoms with Crippen molar-refractivity contribution >= 4 is 17.9 Å². The number of nitrogens with one attached hydrogen (secondary N) is 2. The molecule has 3 aromatic rings. The molecule has 7 nitrogen and oxygen atoms in total. The van der Waals surface area contributed by atoms with E-state index < -0.39 is 0 Å². The lowest BCUT2D eigenvalue weighted by molar-refractivity contribution is 0.0947. The van der Waals surface area contributed by atoms with Gasteiger partial charge in [-0.15, -0.1) is 0 Å². The van der Waals surface area contributed by atoms with Crippen LogP contribution in [0.5, 0.6) is 0 Å². The van der Waals surface area contributed by atoms with Gasteiger partial charge in [0, 0.05) is 36.1 Å². The summed E-state index contributed by atoms with van der Waals surface area (Å²) in [6.45, 7) is 11.3. The van der Waals surface area contributed by atoms with Crippen molar-refractivity contribution in [1.29, 1.82) is 0 Å². The largest absolute Gasteiger partial charge is 0.351 e. The van der Waals surface area contributed by atoms with E-state index in [0.29, 0.717) is 18.7 Å². The van der Waals surface area contributed by atoms with Gasteiger partial charge >= 0.3 is 0 Å². The summed E-state index contributed by atoms with van der Waals surface area (Å²) in [5, 5.41) is 10.1. The third-order valence-corrected chi connectivity index (χ3v) is 5.34. The van der Waals surface area contributed by atoms with Gasteiger partial charge in [-0.3, -0.25) is 19.3 Å². The highest BCUT2D eigenvalue weighted by molar-refractivity contribution is 5.98. The number of amides is 2. The van der Waals surface area contributed by atoms with Crippen LogP contribution in [0.2, 0.25) is 0 Å². The highest BCUT2D eigenvalue weighted by atomic mass is 16.2. The molecule has 172 valence electrons. The molecule has 2 amide bonds. The summed E-state index contributed by atoms with van der Waals surface area (Å²) in [6, 6.07) is 7.27. The van der Waals surface area contributed by atoms with Crippen molar-refractivity contribution in [2.75, 3.05) is 6.54 Å². The van der Waals surface area contributed by atoms with E-state index >= 15 is 0 Å². The molecule has 0 unspecified atom stereocenters. The molecule has 3 rings (SSSR count). The number of aryl methyl sites for hydroxylation is 3. The Bertz CT molecular complexity index is 1160. The molecule has 7 heteroatoms. The molecule has 2 N–H and O–H groups in total. The minimum atomic E-state index is -0.298. The fraction of sp³-hybridized carbons (Fsp3) is 0.308. The Kier molecular flexibility index (Phi) is 7.77. The third-order valence-electron chi connectivity index (χ3n) is 5.34. The standard InChI is InChI=1S/C26H31N5O2/c1-6-27-26(33)24-13-22(9-10-28-24)25(32)30-20(5)7-8-21-14-29-31(15-21)16-23-18(3)11-17(2)12-19(23)4/h7-15,20H,6,16H2,1-5H3,(H,27,33)(H,30,32)/b8-7+/t20-/m0/s1. The van der Waals surface area contributed by atoms with E-state index in [1.54, 1.807) is 6.07 Å². The predicted molar refractivity (Wildman–Crippen MR) is 130 cm³/mol. The first-order valence-corrected chi connectivity index (χ1v) is 11.1. The van der Waals surface area contributed by atoms with Gasteiger partial charge in [-0.1, -0.05) is 29.8 Å². The molecule has 0 aliphatic rings. The maximum Gasteiger partial charge on any atom is 0.269 e. The number of carbonyl (C=O) groups is 2. The van der Waals surface area contributed by atoms with E-state index in [1.165, 1.54) is 34.5 Å². The lowest BCUT2D eigenvalue weighted by Crippen LogP contribution is -2.31. The molecule has 33 heavy (non-hydrogen) atoms. The molecule has 0 aliphatic carbocycles. The molecule has 0 saturated heterocycles. The summed E-state index contributed by atoms with van der Waals surface area (Å²) in [5.41, 5.74) is 6.65.